The third-order valence-electron chi connectivity index (χ3n) is 3.86. The number of hydrogen-bond acceptors (Lipinski definition) is 2. The fourth-order valence-corrected chi connectivity index (χ4v) is 4.24. The first kappa shape index (κ1) is 13.6. The van der Waals surface area contributed by atoms with E-state index in [9.17, 15) is 8.42 Å². The minimum Gasteiger partial charge on any atom is -0.207 e. The minimum atomic E-state index is -3.29. The average Bonchev–Trinajstić information content (AvgIpc) is 2.39. The molecule has 1 aromatic rings. The minimum absolute atomic E-state index is 0.458. The Morgan fingerprint density at radius 1 is 1.22 bits per heavy atom. The molecule has 1 fully saturated rings. The molecule has 0 saturated carbocycles. The first-order valence-corrected chi connectivity index (χ1v) is 8.05. The van der Waals surface area contributed by atoms with Gasteiger partial charge in [0.1, 0.15) is 0 Å². The number of aryl methyl sites for hydroxylation is 1. The number of sulfonamides is 1. The molecule has 0 aliphatic carbocycles. The number of hydrogen-bond donors (Lipinski definition) is 0. The molecule has 3 nitrogen and oxygen atoms in total. The summed E-state index contributed by atoms with van der Waals surface area (Å²) in [6, 6.07) is 7.22. The Morgan fingerprint density at radius 3 is 2.39 bits per heavy atom. The second-order valence-corrected chi connectivity index (χ2v) is 6.93. The summed E-state index contributed by atoms with van der Waals surface area (Å²) >= 11 is 0. The first-order valence-electron chi connectivity index (χ1n) is 6.61. The summed E-state index contributed by atoms with van der Waals surface area (Å²) in [7, 11) is -3.29. The Morgan fingerprint density at radius 2 is 1.83 bits per heavy atom. The van der Waals surface area contributed by atoms with Crippen LogP contribution in [0, 0.1) is 12.8 Å². The van der Waals surface area contributed by atoms with Crippen molar-refractivity contribution < 1.29 is 8.42 Å². The molecular formula is C14H21NO2S. The lowest BCUT2D eigenvalue weighted by molar-refractivity contribution is 0.269. The molecule has 1 aliphatic heterocycles. The SMILES string of the molecule is CCC1CCN(S(=O)(=O)c2ccccc2C)CC1. The smallest absolute Gasteiger partial charge is 0.207 e. The van der Waals surface area contributed by atoms with E-state index in [1.807, 2.05) is 19.1 Å². The van der Waals surface area contributed by atoms with Crippen molar-refractivity contribution in [3.05, 3.63) is 29.8 Å². The van der Waals surface area contributed by atoms with E-state index in [0.717, 1.165) is 24.8 Å². The first-order chi connectivity index (χ1) is 8.55. The molecule has 1 heterocycles. The molecule has 2 rings (SSSR count). The molecule has 0 spiro atoms. The summed E-state index contributed by atoms with van der Waals surface area (Å²) in [5.74, 6) is 0.688. The molecule has 0 N–H and O–H groups in total. The van der Waals surface area contributed by atoms with Crippen molar-refractivity contribution >= 4 is 10.0 Å². The van der Waals surface area contributed by atoms with Gasteiger partial charge in [-0.1, -0.05) is 31.5 Å². The summed E-state index contributed by atoms with van der Waals surface area (Å²) in [6.45, 7) is 5.35. The summed E-state index contributed by atoms with van der Waals surface area (Å²) < 4.78 is 26.7. The Balaban J connectivity index is 2.20. The van der Waals surface area contributed by atoms with E-state index >= 15 is 0 Å². The van der Waals surface area contributed by atoms with E-state index in [1.165, 1.54) is 0 Å². The highest BCUT2D eigenvalue weighted by Gasteiger charge is 2.29. The van der Waals surface area contributed by atoms with Gasteiger partial charge in [0.05, 0.1) is 4.90 Å². The van der Waals surface area contributed by atoms with Gasteiger partial charge in [0.2, 0.25) is 10.0 Å². The van der Waals surface area contributed by atoms with Gasteiger partial charge in [-0.25, -0.2) is 8.42 Å². The average molecular weight is 267 g/mol. The lowest BCUT2D eigenvalue weighted by atomic mass is 9.96. The van der Waals surface area contributed by atoms with Crippen molar-refractivity contribution in [1.82, 2.24) is 4.31 Å². The molecule has 0 radical (unpaired) electrons. The van der Waals surface area contributed by atoms with Gasteiger partial charge in [0.15, 0.2) is 0 Å². The van der Waals surface area contributed by atoms with Crippen molar-refractivity contribution in [2.75, 3.05) is 13.1 Å². The van der Waals surface area contributed by atoms with E-state index in [0.29, 0.717) is 23.9 Å². The number of rotatable bonds is 3. The van der Waals surface area contributed by atoms with Crippen molar-refractivity contribution in [3.8, 4) is 0 Å². The summed E-state index contributed by atoms with van der Waals surface area (Å²) in [5, 5.41) is 0. The predicted octanol–water partition coefficient (Wildman–Crippen LogP) is 2.81. The molecule has 1 saturated heterocycles. The van der Waals surface area contributed by atoms with Gasteiger partial charge < -0.3 is 0 Å². The van der Waals surface area contributed by atoms with Crippen LogP contribution in [0.1, 0.15) is 31.7 Å². The number of nitrogens with zero attached hydrogens (tertiary/aromatic N) is 1. The largest absolute Gasteiger partial charge is 0.243 e. The normalized spacial score (nSPS) is 19.0. The quantitative estimate of drug-likeness (QED) is 0.844. The van der Waals surface area contributed by atoms with Crippen LogP contribution < -0.4 is 0 Å². The summed E-state index contributed by atoms with van der Waals surface area (Å²) in [4.78, 5) is 0.458. The van der Waals surface area contributed by atoms with Gasteiger partial charge in [0, 0.05) is 13.1 Å². The van der Waals surface area contributed by atoms with Crippen LogP contribution in [-0.2, 0) is 10.0 Å². The van der Waals surface area contributed by atoms with Gasteiger partial charge >= 0.3 is 0 Å². The van der Waals surface area contributed by atoms with Crippen molar-refractivity contribution in [3.63, 3.8) is 0 Å². The number of piperidine rings is 1. The third kappa shape index (κ3) is 2.59. The molecule has 4 heteroatoms. The van der Waals surface area contributed by atoms with Crippen LogP contribution >= 0.6 is 0 Å². The van der Waals surface area contributed by atoms with E-state index in [1.54, 1.807) is 16.4 Å². The van der Waals surface area contributed by atoms with Crippen LogP contribution in [0.2, 0.25) is 0 Å². The van der Waals surface area contributed by atoms with Crippen molar-refractivity contribution in [1.29, 1.82) is 0 Å². The zero-order chi connectivity index (χ0) is 13.2. The Kier molecular flexibility index (Phi) is 4.07. The van der Waals surface area contributed by atoms with Crippen LogP contribution in [0.5, 0.6) is 0 Å². The highest BCUT2D eigenvalue weighted by Crippen LogP contribution is 2.26. The second-order valence-electron chi connectivity index (χ2n) is 5.02. The van der Waals surface area contributed by atoms with Gasteiger partial charge in [-0.2, -0.15) is 4.31 Å². The summed E-state index contributed by atoms with van der Waals surface area (Å²) in [6.07, 6.45) is 3.13. The van der Waals surface area contributed by atoms with Gasteiger partial charge in [-0.3, -0.25) is 0 Å². The summed E-state index contributed by atoms with van der Waals surface area (Å²) in [5.41, 5.74) is 0.829. The molecule has 1 aromatic carbocycles. The third-order valence-corrected chi connectivity index (χ3v) is 5.92. The highest BCUT2D eigenvalue weighted by atomic mass is 32.2. The number of benzene rings is 1. The molecule has 0 atom stereocenters. The van der Waals surface area contributed by atoms with Crippen molar-refractivity contribution in [2.45, 2.75) is 38.0 Å². The maximum Gasteiger partial charge on any atom is 0.243 e. The van der Waals surface area contributed by atoms with Gasteiger partial charge in [0.25, 0.3) is 0 Å². The molecular weight excluding hydrogens is 246 g/mol. The van der Waals surface area contributed by atoms with E-state index < -0.39 is 10.0 Å². The Bertz CT molecular complexity index is 502. The zero-order valence-electron chi connectivity index (χ0n) is 11.1. The predicted molar refractivity (Wildman–Crippen MR) is 73.0 cm³/mol. The van der Waals surface area contributed by atoms with Crippen LogP contribution in [0.3, 0.4) is 0 Å². The van der Waals surface area contributed by atoms with E-state index in [4.69, 9.17) is 0 Å². The molecule has 100 valence electrons. The topological polar surface area (TPSA) is 37.4 Å². The van der Waals surface area contributed by atoms with Gasteiger partial charge in [-0.15, -0.1) is 0 Å². The standard InChI is InChI=1S/C14H21NO2S/c1-3-13-8-10-15(11-9-13)18(16,17)14-7-5-4-6-12(14)2/h4-7,13H,3,8-11H2,1-2H3. The fraction of sp³-hybridized carbons (Fsp3) is 0.571. The van der Waals surface area contributed by atoms with Crippen LogP contribution in [0.4, 0.5) is 0 Å². The Labute approximate surface area is 110 Å². The van der Waals surface area contributed by atoms with Crippen LogP contribution in [-0.4, -0.2) is 25.8 Å². The highest BCUT2D eigenvalue weighted by molar-refractivity contribution is 7.89. The second kappa shape index (κ2) is 5.41. The van der Waals surface area contributed by atoms with Crippen LogP contribution in [0.15, 0.2) is 29.2 Å². The maximum atomic E-state index is 12.5. The molecule has 0 unspecified atom stereocenters. The zero-order valence-corrected chi connectivity index (χ0v) is 11.9. The fourth-order valence-electron chi connectivity index (χ4n) is 2.54. The van der Waals surface area contributed by atoms with Gasteiger partial charge in [-0.05, 0) is 37.3 Å². The van der Waals surface area contributed by atoms with E-state index in [2.05, 4.69) is 6.92 Å². The molecule has 18 heavy (non-hydrogen) atoms. The molecule has 0 amide bonds. The maximum absolute atomic E-state index is 12.5. The lowest BCUT2D eigenvalue weighted by Gasteiger charge is -2.31. The van der Waals surface area contributed by atoms with Crippen LogP contribution in [0.25, 0.3) is 0 Å². The monoisotopic (exact) mass is 267 g/mol. The molecule has 0 aromatic heterocycles. The Hall–Kier alpha value is -0.870. The molecule has 0 bridgehead atoms. The van der Waals surface area contributed by atoms with Crippen molar-refractivity contribution in [2.24, 2.45) is 5.92 Å². The van der Waals surface area contributed by atoms with E-state index in [-0.39, 0.29) is 0 Å². The molecule has 1 aliphatic rings. The lowest BCUT2D eigenvalue weighted by Crippen LogP contribution is -2.38.